The molecule has 2 aromatic heterocycles. The van der Waals surface area contributed by atoms with Gasteiger partial charge in [-0.2, -0.15) is 0 Å². The van der Waals surface area contributed by atoms with Gasteiger partial charge in [-0.3, -0.25) is 4.79 Å². The highest BCUT2D eigenvalue weighted by molar-refractivity contribution is 6.06. The molecule has 0 aliphatic heterocycles. The van der Waals surface area contributed by atoms with Gasteiger partial charge >= 0.3 is 0 Å². The second-order valence-electron chi connectivity index (χ2n) is 4.76. The number of carbonyl (C=O) groups excluding carboxylic acids is 1. The SMILES string of the molecule is Cc1cc(C(=O)N(C)C(C)CN)c2c(C)noc2n1. The summed E-state index contributed by atoms with van der Waals surface area (Å²) in [4.78, 5) is 18.4. The van der Waals surface area contributed by atoms with E-state index in [0.29, 0.717) is 28.9 Å². The average Bonchev–Trinajstić information content (AvgIpc) is 2.76. The van der Waals surface area contributed by atoms with Gasteiger partial charge in [-0.1, -0.05) is 5.16 Å². The van der Waals surface area contributed by atoms with Crippen LogP contribution >= 0.6 is 0 Å². The Balaban J connectivity index is 2.55. The molecule has 2 heterocycles. The molecule has 0 aromatic carbocycles. The van der Waals surface area contributed by atoms with E-state index >= 15 is 0 Å². The lowest BCUT2D eigenvalue weighted by Crippen LogP contribution is -2.39. The van der Waals surface area contributed by atoms with Gasteiger partial charge in [0.15, 0.2) is 0 Å². The van der Waals surface area contributed by atoms with Crippen LogP contribution in [0.1, 0.15) is 28.7 Å². The number of rotatable bonds is 3. The molecule has 102 valence electrons. The van der Waals surface area contributed by atoms with Crippen LogP contribution in [0.15, 0.2) is 10.6 Å². The lowest BCUT2D eigenvalue weighted by molar-refractivity contribution is 0.0750. The maximum atomic E-state index is 12.5. The van der Waals surface area contributed by atoms with Gasteiger partial charge < -0.3 is 15.2 Å². The maximum absolute atomic E-state index is 12.5. The minimum absolute atomic E-state index is 0.0313. The molecule has 19 heavy (non-hydrogen) atoms. The van der Waals surface area contributed by atoms with Gasteiger partial charge in [0.1, 0.15) is 0 Å². The third-order valence-corrected chi connectivity index (χ3v) is 3.30. The quantitative estimate of drug-likeness (QED) is 0.900. The Labute approximate surface area is 111 Å². The Morgan fingerprint density at radius 3 is 2.84 bits per heavy atom. The molecule has 2 N–H and O–H groups in total. The fourth-order valence-corrected chi connectivity index (χ4v) is 1.93. The van der Waals surface area contributed by atoms with E-state index in [1.807, 2.05) is 13.8 Å². The zero-order valence-electron chi connectivity index (χ0n) is 11.6. The third kappa shape index (κ3) is 2.31. The van der Waals surface area contributed by atoms with Gasteiger partial charge in [0.2, 0.25) is 0 Å². The van der Waals surface area contributed by atoms with Crippen LogP contribution < -0.4 is 5.73 Å². The Bertz CT molecular complexity index is 620. The van der Waals surface area contributed by atoms with Crippen LogP contribution in [0.3, 0.4) is 0 Å². The molecular formula is C13H18N4O2. The highest BCUT2D eigenvalue weighted by Gasteiger charge is 2.22. The Kier molecular flexibility index (Phi) is 3.53. The van der Waals surface area contributed by atoms with Crippen LogP contribution in [0.25, 0.3) is 11.1 Å². The summed E-state index contributed by atoms with van der Waals surface area (Å²) in [5.41, 5.74) is 7.95. The number of amides is 1. The predicted molar refractivity (Wildman–Crippen MR) is 71.9 cm³/mol. The molecule has 2 aromatic rings. The van der Waals surface area contributed by atoms with Crippen LogP contribution in [-0.2, 0) is 0 Å². The van der Waals surface area contributed by atoms with Crippen molar-refractivity contribution in [1.29, 1.82) is 0 Å². The van der Waals surface area contributed by atoms with Crippen LogP contribution in [0, 0.1) is 13.8 Å². The molecule has 0 saturated heterocycles. The zero-order valence-corrected chi connectivity index (χ0v) is 11.6. The van der Waals surface area contributed by atoms with Crippen molar-refractivity contribution in [3.05, 3.63) is 23.0 Å². The number of hydrogen-bond donors (Lipinski definition) is 1. The van der Waals surface area contributed by atoms with Crippen molar-refractivity contribution in [3.8, 4) is 0 Å². The van der Waals surface area contributed by atoms with Gasteiger partial charge in [0.25, 0.3) is 11.6 Å². The molecule has 6 heteroatoms. The van der Waals surface area contributed by atoms with Gasteiger partial charge in [-0.15, -0.1) is 0 Å². The standard InChI is InChI=1S/C13H18N4O2/c1-7-5-10(13(18)17(4)8(2)6-14)11-9(3)16-19-12(11)15-7/h5,8H,6,14H2,1-4H3. The normalized spacial score (nSPS) is 12.7. The number of fused-ring (bicyclic) bond motifs is 1. The van der Waals surface area contributed by atoms with Crippen molar-refractivity contribution >= 4 is 17.0 Å². The molecular weight excluding hydrogens is 244 g/mol. The first kappa shape index (κ1) is 13.5. The number of carbonyl (C=O) groups is 1. The molecule has 0 spiro atoms. The van der Waals surface area contributed by atoms with E-state index in [-0.39, 0.29) is 11.9 Å². The van der Waals surface area contributed by atoms with Crippen molar-refractivity contribution < 1.29 is 9.32 Å². The molecule has 2 rings (SSSR count). The summed E-state index contributed by atoms with van der Waals surface area (Å²) in [5.74, 6) is -0.0975. The zero-order chi connectivity index (χ0) is 14.2. The van der Waals surface area contributed by atoms with E-state index in [4.69, 9.17) is 10.3 Å². The van der Waals surface area contributed by atoms with E-state index in [1.54, 1.807) is 24.9 Å². The van der Waals surface area contributed by atoms with Gasteiger partial charge in [-0.05, 0) is 26.8 Å². The summed E-state index contributed by atoms with van der Waals surface area (Å²) in [6, 6.07) is 1.73. The molecule has 0 aliphatic rings. The molecule has 0 saturated carbocycles. The Hall–Kier alpha value is -1.95. The van der Waals surface area contributed by atoms with Crippen molar-refractivity contribution in [3.63, 3.8) is 0 Å². The maximum Gasteiger partial charge on any atom is 0.258 e. The summed E-state index contributed by atoms with van der Waals surface area (Å²) in [6.45, 7) is 5.94. The van der Waals surface area contributed by atoms with Gasteiger partial charge in [-0.25, -0.2) is 4.98 Å². The lowest BCUT2D eigenvalue weighted by Gasteiger charge is -2.24. The van der Waals surface area contributed by atoms with Crippen molar-refractivity contribution in [2.45, 2.75) is 26.8 Å². The number of likely N-dealkylation sites (N-methyl/N-ethyl adjacent to an activating group) is 1. The number of pyridine rings is 1. The minimum Gasteiger partial charge on any atom is -0.338 e. The number of hydrogen-bond acceptors (Lipinski definition) is 5. The summed E-state index contributed by atoms with van der Waals surface area (Å²) >= 11 is 0. The highest BCUT2D eigenvalue weighted by Crippen LogP contribution is 2.23. The molecule has 1 amide bonds. The number of aromatic nitrogens is 2. The fourth-order valence-electron chi connectivity index (χ4n) is 1.93. The molecule has 6 nitrogen and oxygen atoms in total. The van der Waals surface area contributed by atoms with Gasteiger partial charge in [0.05, 0.1) is 16.6 Å². The summed E-state index contributed by atoms with van der Waals surface area (Å²) in [5, 5.41) is 4.54. The summed E-state index contributed by atoms with van der Waals surface area (Å²) in [6.07, 6.45) is 0. The number of aryl methyl sites for hydroxylation is 2. The minimum atomic E-state index is -0.0975. The van der Waals surface area contributed by atoms with E-state index in [0.717, 1.165) is 5.69 Å². The van der Waals surface area contributed by atoms with Crippen LogP contribution in [0.5, 0.6) is 0 Å². The second-order valence-corrected chi connectivity index (χ2v) is 4.76. The van der Waals surface area contributed by atoms with Crippen LogP contribution in [0.4, 0.5) is 0 Å². The van der Waals surface area contributed by atoms with Crippen molar-refractivity contribution in [1.82, 2.24) is 15.0 Å². The highest BCUT2D eigenvalue weighted by atomic mass is 16.5. The predicted octanol–water partition coefficient (Wildman–Crippen LogP) is 1.26. The van der Waals surface area contributed by atoms with Crippen LogP contribution in [-0.4, -0.2) is 40.6 Å². The van der Waals surface area contributed by atoms with E-state index < -0.39 is 0 Å². The number of nitrogens with zero attached hydrogens (tertiary/aromatic N) is 3. The first-order chi connectivity index (χ1) is 8.95. The number of nitrogens with two attached hydrogens (primary N) is 1. The van der Waals surface area contributed by atoms with Crippen molar-refractivity contribution in [2.24, 2.45) is 5.73 Å². The molecule has 0 fully saturated rings. The second kappa shape index (κ2) is 4.97. The van der Waals surface area contributed by atoms with Crippen LogP contribution in [0.2, 0.25) is 0 Å². The molecule has 1 atom stereocenters. The Morgan fingerprint density at radius 2 is 2.21 bits per heavy atom. The first-order valence-electron chi connectivity index (χ1n) is 6.16. The Morgan fingerprint density at radius 1 is 1.53 bits per heavy atom. The van der Waals surface area contributed by atoms with Gasteiger partial charge in [0, 0.05) is 25.3 Å². The summed E-state index contributed by atoms with van der Waals surface area (Å²) < 4.78 is 5.13. The lowest BCUT2D eigenvalue weighted by atomic mass is 10.1. The average molecular weight is 262 g/mol. The van der Waals surface area contributed by atoms with E-state index in [1.165, 1.54) is 0 Å². The van der Waals surface area contributed by atoms with E-state index in [9.17, 15) is 4.79 Å². The third-order valence-electron chi connectivity index (χ3n) is 3.30. The monoisotopic (exact) mass is 262 g/mol. The topological polar surface area (TPSA) is 85.2 Å². The first-order valence-corrected chi connectivity index (χ1v) is 6.16. The molecule has 0 aliphatic carbocycles. The molecule has 0 radical (unpaired) electrons. The van der Waals surface area contributed by atoms with E-state index in [2.05, 4.69) is 10.1 Å². The molecule has 1 unspecified atom stereocenters. The molecule has 0 bridgehead atoms. The fraction of sp³-hybridized carbons (Fsp3) is 0.462. The van der Waals surface area contributed by atoms with Crippen molar-refractivity contribution in [2.75, 3.05) is 13.6 Å². The summed E-state index contributed by atoms with van der Waals surface area (Å²) in [7, 11) is 1.74. The largest absolute Gasteiger partial charge is 0.338 e. The smallest absolute Gasteiger partial charge is 0.258 e.